The zero-order valence-corrected chi connectivity index (χ0v) is 16.0. The minimum absolute atomic E-state index is 0.168. The van der Waals surface area contributed by atoms with Crippen LogP contribution in [0.4, 0.5) is 5.13 Å². The molecule has 0 aliphatic carbocycles. The van der Waals surface area contributed by atoms with Crippen molar-refractivity contribution in [2.75, 3.05) is 19.5 Å². The number of amides is 1. The highest BCUT2D eigenvalue weighted by Gasteiger charge is 2.13. The lowest BCUT2D eigenvalue weighted by molar-refractivity contribution is 0.103. The highest BCUT2D eigenvalue weighted by atomic mass is 79.9. The van der Waals surface area contributed by atoms with Crippen molar-refractivity contribution in [3.63, 3.8) is 0 Å². The van der Waals surface area contributed by atoms with Crippen molar-refractivity contribution < 1.29 is 14.3 Å². The lowest BCUT2D eigenvalue weighted by Gasteiger charge is -2.08. The molecule has 0 spiro atoms. The molecule has 124 valence electrons. The number of rotatable bonds is 5. The monoisotopic (exact) mass is 424 g/mol. The summed E-state index contributed by atoms with van der Waals surface area (Å²) in [6.07, 6.45) is 0. The maximum atomic E-state index is 12.2. The number of nitrogens with zero attached hydrogens (tertiary/aromatic N) is 1. The summed E-state index contributed by atoms with van der Waals surface area (Å²) in [5.74, 6) is 1.13. The van der Waals surface area contributed by atoms with Gasteiger partial charge in [-0.25, -0.2) is 4.98 Å². The van der Waals surface area contributed by atoms with Crippen molar-refractivity contribution in [2.45, 2.75) is 0 Å². The van der Waals surface area contributed by atoms with Crippen LogP contribution in [0.3, 0.4) is 0 Å². The fourth-order valence-electron chi connectivity index (χ4n) is 2.05. The fourth-order valence-corrected chi connectivity index (χ4v) is 4.05. The minimum atomic E-state index is -0.168. The molecule has 0 saturated carbocycles. The lowest BCUT2D eigenvalue weighted by atomic mass is 10.1. The minimum Gasteiger partial charge on any atom is -0.493 e. The van der Waals surface area contributed by atoms with E-state index in [1.807, 2.05) is 29.6 Å². The number of carbonyl (C=O) groups is 1. The Hall–Kier alpha value is -1.90. The SMILES string of the molecule is COc1ccc(-c2csc(NC(=O)c3ccc(Br)s3)n2)cc1OC. The van der Waals surface area contributed by atoms with E-state index >= 15 is 0 Å². The molecule has 0 radical (unpaired) electrons. The van der Waals surface area contributed by atoms with Gasteiger partial charge in [0.05, 0.1) is 28.6 Å². The maximum Gasteiger partial charge on any atom is 0.267 e. The highest BCUT2D eigenvalue weighted by Crippen LogP contribution is 2.33. The number of halogens is 1. The van der Waals surface area contributed by atoms with Gasteiger partial charge in [-0.1, -0.05) is 0 Å². The number of benzene rings is 1. The van der Waals surface area contributed by atoms with Crippen LogP contribution >= 0.6 is 38.6 Å². The summed E-state index contributed by atoms with van der Waals surface area (Å²) in [5, 5.41) is 5.26. The Bertz CT molecular complexity index is 876. The molecule has 1 amide bonds. The Morgan fingerprint density at radius 2 is 1.96 bits per heavy atom. The summed E-state index contributed by atoms with van der Waals surface area (Å²) in [6, 6.07) is 9.20. The van der Waals surface area contributed by atoms with E-state index in [-0.39, 0.29) is 5.91 Å². The summed E-state index contributed by atoms with van der Waals surface area (Å²) < 4.78 is 11.5. The third kappa shape index (κ3) is 3.61. The standard InChI is InChI=1S/C16H13BrN2O3S2/c1-21-11-4-3-9(7-12(11)22-2)10-8-23-16(18-10)19-15(20)13-5-6-14(17)24-13/h3-8H,1-2H3,(H,18,19,20). The van der Waals surface area contributed by atoms with Crippen molar-refractivity contribution in [1.29, 1.82) is 0 Å². The van der Waals surface area contributed by atoms with Crippen LogP contribution in [-0.4, -0.2) is 25.1 Å². The average Bonchev–Trinajstić information content (AvgIpc) is 3.23. The Labute approximate surface area is 155 Å². The van der Waals surface area contributed by atoms with Crippen molar-refractivity contribution in [2.24, 2.45) is 0 Å². The number of hydrogen-bond acceptors (Lipinski definition) is 6. The molecule has 2 aromatic heterocycles. The summed E-state index contributed by atoms with van der Waals surface area (Å²) in [7, 11) is 3.18. The molecule has 0 saturated heterocycles. The lowest BCUT2D eigenvalue weighted by Crippen LogP contribution is -2.09. The molecule has 0 unspecified atom stereocenters. The molecular formula is C16H13BrN2O3S2. The number of anilines is 1. The number of thiazole rings is 1. The van der Waals surface area contributed by atoms with E-state index in [1.165, 1.54) is 22.7 Å². The van der Waals surface area contributed by atoms with Gasteiger partial charge >= 0.3 is 0 Å². The van der Waals surface area contributed by atoms with Crippen molar-refractivity contribution in [3.05, 3.63) is 44.4 Å². The van der Waals surface area contributed by atoms with Crippen LogP contribution in [0.5, 0.6) is 11.5 Å². The van der Waals surface area contributed by atoms with E-state index in [0.717, 1.165) is 15.0 Å². The van der Waals surface area contributed by atoms with Gasteiger partial charge < -0.3 is 9.47 Å². The molecule has 24 heavy (non-hydrogen) atoms. The van der Waals surface area contributed by atoms with Crippen molar-refractivity contribution in [1.82, 2.24) is 4.98 Å². The summed E-state index contributed by atoms with van der Waals surface area (Å²) >= 11 is 6.10. The van der Waals surface area contributed by atoms with Gasteiger partial charge in [-0.05, 0) is 46.3 Å². The number of thiophene rings is 1. The third-order valence-electron chi connectivity index (χ3n) is 3.20. The second kappa shape index (κ2) is 7.33. The van der Waals surface area contributed by atoms with E-state index in [0.29, 0.717) is 21.5 Å². The molecule has 1 N–H and O–H groups in total. The average molecular weight is 425 g/mol. The molecule has 0 atom stereocenters. The van der Waals surface area contributed by atoms with Crippen LogP contribution in [0.1, 0.15) is 9.67 Å². The van der Waals surface area contributed by atoms with E-state index in [2.05, 4.69) is 26.2 Å². The largest absolute Gasteiger partial charge is 0.493 e. The molecule has 0 aliphatic rings. The maximum absolute atomic E-state index is 12.2. The Kier molecular flexibility index (Phi) is 5.17. The van der Waals surface area contributed by atoms with E-state index in [9.17, 15) is 4.79 Å². The van der Waals surface area contributed by atoms with Crippen molar-refractivity contribution >= 4 is 49.6 Å². The smallest absolute Gasteiger partial charge is 0.267 e. The third-order valence-corrected chi connectivity index (χ3v) is 5.58. The Morgan fingerprint density at radius 3 is 2.62 bits per heavy atom. The fraction of sp³-hybridized carbons (Fsp3) is 0.125. The predicted molar refractivity (Wildman–Crippen MR) is 101 cm³/mol. The van der Waals surface area contributed by atoms with Crippen LogP contribution in [-0.2, 0) is 0 Å². The quantitative estimate of drug-likeness (QED) is 0.632. The van der Waals surface area contributed by atoms with Crippen LogP contribution in [0.25, 0.3) is 11.3 Å². The van der Waals surface area contributed by atoms with Gasteiger partial charge in [-0.15, -0.1) is 22.7 Å². The number of nitrogens with one attached hydrogen (secondary N) is 1. The molecular weight excluding hydrogens is 412 g/mol. The van der Waals surface area contributed by atoms with Crippen LogP contribution in [0.15, 0.2) is 39.5 Å². The van der Waals surface area contributed by atoms with Gasteiger partial charge in [0.25, 0.3) is 5.91 Å². The Balaban J connectivity index is 1.79. The van der Waals surface area contributed by atoms with Crippen molar-refractivity contribution in [3.8, 4) is 22.8 Å². The number of carbonyl (C=O) groups excluding carboxylic acids is 1. The molecule has 8 heteroatoms. The molecule has 3 aromatic rings. The summed E-state index contributed by atoms with van der Waals surface area (Å²) in [6.45, 7) is 0. The second-order valence-corrected chi connectivity index (χ2v) is 7.99. The van der Waals surface area contributed by atoms with E-state index in [4.69, 9.17) is 9.47 Å². The second-order valence-electron chi connectivity index (χ2n) is 4.67. The first-order chi connectivity index (χ1) is 11.6. The molecule has 3 rings (SSSR count). The van der Waals surface area contributed by atoms with E-state index in [1.54, 1.807) is 20.3 Å². The van der Waals surface area contributed by atoms with E-state index < -0.39 is 0 Å². The molecule has 0 bridgehead atoms. The van der Waals surface area contributed by atoms with Gasteiger partial charge in [0, 0.05) is 10.9 Å². The van der Waals surface area contributed by atoms with Gasteiger partial charge in [0.2, 0.25) is 0 Å². The zero-order valence-electron chi connectivity index (χ0n) is 12.8. The van der Waals surface area contributed by atoms with Crippen LogP contribution in [0, 0.1) is 0 Å². The van der Waals surface area contributed by atoms with Gasteiger partial charge in [-0.3, -0.25) is 10.1 Å². The van der Waals surface area contributed by atoms with Gasteiger partial charge in [0.15, 0.2) is 16.6 Å². The Morgan fingerprint density at radius 1 is 1.17 bits per heavy atom. The topological polar surface area (TPSA) is 60.5 Å². The zero-order chi connectivity index (χ0) is 17.1. The first kappa shape index (κ1) is 16.9. The van der Waals surface area contributed by atoms with Crippen LogP contribution in [0.2, 0.25) is 0 Å². The van der Waals surface area contributed by atoms with Crippen LogP contribution < -0.4 is 14.8 Å². The first-order valence-electron chi connectivity index (χ1n) is 6.85. The molecule has 2 heterocycles. The number of hydrogen-bond donors (Lipinski definition) is 1. The first-order valence-corrected chi connectivity index (χ1v) is 9.34. The number of aromatic nitrogens is 1. The predicted octanol–water partition coefficient (Wildman–Crippen LogP) is 4.90. The molecule has 0 fully saturated rings. The highest BCUT2D eigenvalue weighted by molar-refractivity contribution is 9.11. The molecule has 0 aliphatic heterocycles. The normalized spacial score (nSPS) is 10.5. The summed E-state index contributed by atoms with van der Waals surface area (Å²) in [4.78, 5) is 17.3. The molecule has 5 nitrogen and oxygen atoms in total. The summed E-state index contributed by atoms with van der Waals surface area (Å²) in [5.41, 5.74) is 1.66. The number of methoxy groups -OCH3 is 2. The van der Waals surface area contributed by atoms with Gasteiger partial charge in [-0.2, -0.15) is 0 Å². The van der Waals surface area contributed by atoms with Gasteiger partial charge in [0.1, 0.15) is 0 Å². The number of ether oxygens (including phenoxy) is 2. The molecule has 1 aromatic carbocycles.